The molecule has 0 unspecified atom stereocenters. The Labute approximate surface area is 137 Å². The molecule has 1 saturated heterocycles. The van der Waals surface area contributed by atoms with Crippen LogP contribution in [0.15, 0.2) is 18.2 Å². The van der Waals surface area contributed by atoms with Gasteiger partial charge >= 0.3 is 0 Å². The maximum absolute atomic E-state index is 13.5. The summed E-state index contributed by atoms with van der Waals surface area (Å²) in [6, 6.07) is 3.54. The fraction of sp³-hybridized carbons (Fsp3) is 0.400. The van der Waals surface area contributed by atoms with Crippen LogP contribution in [0.25, 0.3) is 0 Å². The summed E-state index contributed by atoms with van der Waals surface area (Å²) in [7, 11) is 0. The third kappa shape index (κ3) is 4.92. The van der Waals surface area contributed by atoms with Gasteiger partial charge in [0, 0.05) is 18.0 Å². The molecule has 3 amide bonds. The lowest BCUT2D eigenvalue weighted by molar-refractivity contribution is -0.135. The first-order chi connectivity index (χ1) is 11.0. The van der Waals surface area contributed by atoms with Gasteiger partial charge in [-0.25, -0.2) is 4.39 Å². The second-order valence-corrected chi connectivity index (χ2v) is 5.69. The van der Waals surface area contributed by atoms with Crippen molar-refractivity contribution in [2.24, 2.45) is 0 Å². The Morgan fingerprint density at radius 3 is 2.78 bits per heavy atom. The van der Waals surface area contributed by atoms with Gasteiger partial charge in [0.15, 0.2) is 0 Å². The molecule has 0 aromatic heterocycles. The Kier molecular flexibility index (Phi) is 5.92. The van der Waals surface area contributed by atoms with Gasteiger partial charge in [0.25, 0.3) is 11.8 Å². The van der Waals surface area contributed by atoms with Crippen LogP contribution in [-0.2, 0) is 9.59 Å². The van der Waals surface area contributed by atoms with Crippen LogP contribution >= 0.6 is 11.6 Å². The van der Waals surface area contributed by atoms with E-state index in [0.29, 0.717) is 13.0 Å². The summed E-state index contributed by atoms with van der Waals surface area (Å²) in [5.41, 5.74) is 4.01. The minimum atomic E-state index is -0.819. The number of hydrogen-bond donors (Lipinski definition) is 2. The maximum Gasteiger partial charge on any atom is 0.272 e. The van der Waals surface area contributed by atoms with Crippen LogP contribution in [0.4, 0.5) is 4.39 Å². The van der Waals surface area contributed by atoms with Crippen molar-refractivity contribution < 1.29 is 18.8 Å². The monoisotopic (exact) mass is 341 g/mol. The number of carbonyl (C=O) groups excluding carboxylic acids is 3. The van der Waals surface area contributed by atoms with Crippen molar-refractivity contribution in [3.8, 4) is 0 Å². The van der Waals surface area contributed by atoms with Gasteiger partial charge < -0.3 is 4.90 Å². The number of benzene rings is 1. The van der Waals surface area contributed by atoms with Gasteiger partial charge in [0.05, 0.1) is 5.56 Å². The van der Waals surface area contributed by atoms with Gasteiger partial charge in [-0.3, -0.25) is 25.2 Å². The second-order valence-electron chi connectivity index (χ2n) is 5.25. The SMILES string of the molecule is O=C(CN1CCCCCC1=O)NNC(=O)c1cc(Cl)ccc1F. The number of rotatable bonds is 3. The van der Waals surface area contributed by atoms with Crippen LogP contribution in [0.5, 0.6) is 0 Å². The zero-order valence-electron chi connectivity index (χ0n) is 12.4. The highest BCUT2D eigenvalue weighted by Crippen LogP contribution is 2.14. The number of likely N-dealkylation sites (tertiary alicyclic amines) is 1. The van der Waals surface area contributed by atoms with Crippen LogP contribution in [0, 0.1) is 5.82 Å². The largest absolute Gasteiger partial charge is 0.333 e. The van der Waals surface area contributed by atoms with Crippen molar-refractivity contribution in [3.63, 3.8) is 0 Å². The summed E-state index contributed by atoms with van der Waals surface area (Å²) in [5.74, 6) is -2.19. The molecule has 0 saturated carbocycles. The lowest BCUT2D eigenvalue weighted by atomic mass is 10.2. The highest BCUT2D eigenvalue weighted by atomic mass is 35.5. The summed E-state index contributed by atoms with van der Waals surface area (Å²) in [6.45, 7) is 0.375. The van der Waals surface area contributed by atoms with Gasteiger partial charge in [-0.1, -0.05) is 18.0 Å². The molecule has 1 heterocycles. The van der Waals surface area contributed by atoms with E-state index in [-0.39, 0.29) is 23.0 Å². The number of nitrogens with one attached hydrogen (secondary N) is 2. The van der Waals surface area contributed by atoms with Gasteiger partial charge in [0.1, 0.15) is 12.4 Å². The average Bonchev–Trinajstić information content (AvgIpc) is 2.72. The minimum absolute atomic E-state index is 0.0788. The Hall–Kier alpha value is -2.15. The van der Waals surface area contributed by atoms with E-state index < -0.39 is 17.6 Å². The third-order valence-electron chi connectivity index (χ3n) is 3.49. The van der Waals surface area contributed by atoms with E-state index in [9.17, 15) is 18.8 Å². The van der Waals surface area contributed by atoms with Crippen LogP contribution < -0.4 is 10.9 Å². The number of halogens is 2. The van der Waals surface area contributed by atoms with E-state index in [1.807, 2.05) is 0 Å². The molecule has 124 valence electrons. The van der Waals surface area contributed by atoms with Crippen molar-refractivity contribution in [1.29, 1.82) is 0 Å². The van der Waals surface area contributed by atoms with Crippen molar-refractivity contribution in [3.05, 3.63) is 34.6 Å². The molecule has 1 aliphatic rings. The quantitative estimate of drug-likeness (QED) is 0.820. The average molecular weight is 342 g/mol. The van der Waals surface area contributed by atoms with Crippen molar-refractivity contribution in [2.45, 2.75) is 25.7 Å². The van der Waals surface area contributed by atoms with Crippen LogP contribution in [0.3, 0.4) is 0 Å². The summed E-state index contributed by atoms with van der Waals surface area (Å²) in [5, 5.41) is 0.207. The van der Waals surface area contributed by atoms with Crippen LogP contribution in [-0.4, -0.2) is 35.7 Å². The van der Waals surface area contributed by atoms with E-state index in [1.165, 1.54) is 11.0 Å². The molecule has 0 atom stereocenters. The van der Waals surface area contributed by atoms with E-state index in [4.69, 9.17) is 11.6 Å². The molecule has 1 aromatic rings. The summed E-state index contributed by atoms with van der Waals surface area (Å²) in [6.07, 6.45) is 3.04. The summed E-state index contributed by atoms with van der Waals surface area (Å²) < 4.78 is 13.5. The zero-order chi connectivity index (χ0) is 16.8. The predicted molar refractivity (Wildman–Crippen MR) is 82.1 cm³/mol. The molecule has 6 nitrogen and oxygen atoms in total. The summed E-state index contributed by atoms with van der Waals surface area (Å²) >= 11 is 5.71. The molecule has 1 fully saturated rings. The molecule has 0 spiro atoms. The van der Waals surface area contributed by atoms with E-state index in [2.05, 4.69) is 10.9 Å². The summed E-state index contributed by atoms with van der Waals surface area (Å²) in [4.78, 5) is 36.9. The minimum Gasteiger partial charge on any atom is -0.333 e. The normalized spacial score (nSPS) is 15.0. The van der Waals surface area contributed by atoms with E-state index in [0.717, 1.165) is 31.4 Å². The standard InChI is InChI=1S/C15H17ClFN3O3/c16-10-5-6-12(17)11(8-10)15(23)19-18-13(21)9-20-7-3-1-2-4-14(20)22/h5-6,8H,1-4,7,9H2,(H,18,21)(H,19,23). The Morgan fingerprint density at radius 1 is 1.22 bits per heavy atom. The van der Waals surface area contributed by atoms with Crippen molar-refractivity contribution >= 4 is 29.3 Å². The second kappa shape index (κ2) is 7.92. The molecular weight excluding hydrogens is 325 g/mol. The molecular formula is C15H17ClFN3O3. The lowest BCUT2D eigenvalue weighted by Crippen LogP contribution is -2.47. The third-order valence-corrected chi connectivity index (χ3v) is 3.73. The zero-order valence-corrected chi connectivity index (χ0v) is 13.2. The lowest BCUT2D eigenvalue weighted by Gasteiger charge is -2.19. The smallest absolute Gasteiger partial charge is 0.272 e. The molecule has 1 aliphatic heterocycles. The number of carbonyl (C=O) groups is 3. The van der Waals surface area contributed by atoms with E-state index >= 15 is 0 Å². The van der Waals surface area contributed by atoms with Gasteiger partial charge in [0.2, 0.25) is 5.91 Å². The number of amides is 3. The fourth-order valence-electron chi connectivity index (χ4n) is 2.28. The molecule has 2 N–H and O–H groups in total. The van der Waals surface area contributed by atoms with Crippen molar-refractivity contribution in [1.82, 2.24) is 15.8 Å². The molecule has 0 radical (unpaired) electrons. The molecule has 0 bridgehead atoms. The predicted octanol–water partition coefficient (Wildman–Crippen LogP) is 1.64. The van der Waals surface area contributed by atoms with Gasteiger partial charge in [-0.15, -0.1) is 0 Å². The number of nitrogens with zero attached hydrogens (tertiary/aromatic N) is 1. The maximum atomic E-state index is 13.5. The first kappa shape index (κ1) is 17.2. The van der Waals surface area contributed by atoms with Crippen molar-refractivity contribution in [2.75, 3.05) is 13.1 Å². The van der Waals surface area contributed by atoms with Gasteiger partial charge in [-0.2, -0.15) is 0 Å². The topological polar surface area (TPSA) is 78.5 Å². The Balaban J connectivity index is 1.87. The molecule has 23 heavy (non-hydrogen) atoms. The van der Waals surface area contributed by atoms with Gasteiger partial charge in [-0.05, 0) is 31.0 Å². The molecule has 1 aromatic carbocycles. The molecule has 8 heteroatoms. The first-order valence-corrected chi connectivity index (χ1v) is 7.67. The Morgan fingerprint density at radius 2 is 2.00 bits per heavy atom. The van der Waals surface area contributed by atoms with E-state index in [1.54, 1.807) is 0 Å². The fourth-order valence-corrected chi connectivity index (χ4v) is 2.46. The first-order valence-electron chi connectivity index (χ1n) is 7.29. The number of hydrazine groups is 1. The highest BCUT2D eigenvalue weighted by molar-refractivity contribution is 6.31. The molecule has 0 aliphatic carbocycles. The Bertz CT molecular complexity index is 624. The number of hydrogen-bond acceptors (Lipinski definition) is 3. The molecule has 2 rings (SSSR count). The van der Waals surface area contributed by atoms with Crippen LogP contribution in [0.2, 0.25) is 5.02 Å². The van der Waals surface area contributed by atoms with Crippen LogP contribution in [0.1, 0.15) is 36.0 Å². The highest BCUT2D eigenvalue weighted by Gasteiger charge is 2.20.